The highest BCUT2D eigenvalue weighted by Gasteiger charge is 2.50. The van der Waals surface area contributed by atoms with Gasteiger partial charge in [-0.3, -0.25) is 0 Å². The highest BCUT2D eigenvalue weighted by molar-refractivity contribution is 5.12. The van der Waals surface area contributed by atoms with Gasteiger partial charge in [0.2, 0.25) is 0 Å². The Labute approximate surface area is 67.8 Å². The minimum absolute atomic E-state index is 0.148. The second-order valence-electron chi connectivity index (χ2n) is 3.88. The fourth-order valence-electron chi connectivity index (χ4n) is 2.78. The first-order valence-electron chi connectivity index (χ1n) is 4.46. The zero-order valence-corrected chi connectivity index (χ0v) is 6.71. The molecule has 11 heavy (non-hydrogen) atoms. The quantitative estimate of drug-likeness (QED) is 0.519. The Hall–Kier alpha value is -0.480. The van der Waals surface area contributed by atoms with Crippen molar-refractivity contribution >= 4 is 0 Å². The molecule has 0 spiro atoms. The summed E-state index contributed by atoms with van der Waals surface area (Å²) in [7, 11) is 0. The van der Waals surface area contributed by atoms with Crippen LogP contribution in [0.25, 0.3) is 0 Å². The van der Waals surface area contributed by atoms with E-state index in [9.17, 15) is 5.11 Å². The molecule has 1 N–H and O–H groups in total. The lowest BCUT2D eigenvalue weighted by molar-refractivity contribution is 0.000156. The zero-order chi connectivity index (χ0) is 7.90. The van der Waals surface area contributed by atoms with Crippen molar-refractivity contribution in [1.82, 2.24) is 0 Å². The first-order chi connectivity index (χ1) is 5.27. The van der Waals surface area contributed by atoms with Crippen LogP contribution in [0.15, 0.2) is 0 Å². The molecule has 1 nitrogen and oxygen atoms in total. The average Bonchev–Trinajstić information content (AvgIpc) is 2.44. The van der Waals surface area contributed by atoms with Crippen LogP contribution in [0.2, 0.25) is 0 Å². The first-order valence-corrected chi connectivity index (χ1v) is 4.46. The molecule has 0 aromatic rings. The molecule has 1 heteroatoms. The van der Waals surface area contributed by atoms with Gasteiger partial charge in [-0.1, -0.05) is 6.42 Å². The van der Waals surface area contributed by atoms with Gasteiger partial charge in [0.15, 0.2) is 0 Å². The van der Waals surface area contributed by atoms with E-state index < -0.39 is 5.60 Å². The fraction of sp³-hybridized carbons (Fsp3) is 0.800. The Balaban J connectivity index is 2.25. The molecule has 2 rings (SSSR count). The topological polar surface area (TPSA) is 20.2 Å². The molecule has 2 aliphatic rings. The Kier molecular flexibility index (Phi) is 1.47. The molecule has 0 bridgehead atoms. The van der Waals surface area contributed by atoms with E-state index in [1.54, 1.807) is 0 Å². The lowest BCUT2D eigenvalue weighted by Crippen LogP contribution is -2.34. The summed E-state index contributed by atoms with van der Waals surface area (Å²) in [4.78, 5) is 0. The van der Waals surface area contributed by atoms with Gasteiger partial charge in [0, 0.05) is 5.92 Å². The number of rotatable bonds is 0. The van der Waals surface area contributed by atoms with E-state index in [4.69, 9.17) is 6.42 Å². The maximum Gasteiger partial charge on any atom is 0.0812 e. The van der Waals surface area contributed by atoms with Gasteiger partial charge in [-0.15, -0.1) is 12.3 Å². The van der Waals surface area contributed by atoms with Crippen LogP contribution in [-0.2, 0) is 0 Å². The third-order valence-electron chi connectivity index (χ3n) is 3.45. The smallest absolute Gasteiger partial charge is 0.0812 e. The number of fused-ring (bicyclic) bond motifs is 1. The van der Waals surface area contributed by atoms with E-state index in [-0.39, 0.29) is 5.92 Å². The standard InChI is InChI=1S/C10H14O/c1-2-8-5-6-9-4-3-7-10(8,9)11/h1,8-9,11H,3-7H2/t8-,9-,10-/m1/s1. The van der Waals surface area contributed by atoms with Crippen molar-refractivity contribution < 1.29 is 5.11 Å². The van der Waals surface area contributed by atoms with E-state index in [1.165, 1.54) is 12.8 Å². The largest absolute Gasteiger partial charge is 0.388 e. The summed E-state index contributed by atoms with van der Waals surface area (Å²) in [6.45, 7) is 0. The summed E-state index contributed by atoms with van der Waals surface area (Å²) in [6, 6.07) is 0. The third-order valence-corrected chi connectivity index (χ3v) is 3.45. The maximum absolute atomic E-state index is 10.1. The summed E-state index contributed by atoms with van der Waals surface area (Å²) in [5, 5.41) is 10.1. The van der Waals surface area contributed by atoms with Crippen molar-refractivity contribution in [3.63, 3.8) is 0 Å². The van der Waals surface area contributed by atoms with Gasteiger partial charge in [0.1, 0.15) is 0 Å². The highest BCUT2D eigenvalue weighted by Crippen LogP contribution is 2.50. The van der Waals surface area contributed by atoms with Crippen molar-refractivity contribution in [2.24, 2.45) is 11.8 Å². The normalized spacial score (nSPS) is 48.7. The molecule has 0 aromatic carbocycles. The summed E-state index contributed by atoms with van der Waals surface area (Å²) in [6.07, 6.45) is 10.8. The molecular weight excluding hydrogens is 136 g/mol. The fourth-order valence-corrected chi connectivity index (χ4v) is 2.78. The molecule has 0 heterocycles. The van der Waals surface area contributed by atoms with E-state index in [0.29, 0.717) is 5.92 Å². The first kappa shape index (κ1) is 7.18. The van der Waals surface area contributed by atoms with Crippen LogP contribution in [0.4, 0.5) is 0 Å². The van der Waals surface area contributed by atoms with E-state index in [1.807, 2.05) is 0 Å². The predicted octanol–water partition coefficient (Wildman–Crippen LogP) is 1.56. The molecule has 2 fully saturated rings. The van der Waals surface area contributed by atoms with Crippen LogP contribution in [0.3, 0.4) is 0 Å². The number of hydrogen-bond donors (Lipinski definition) is 1. The summed E-state index contributed by atoms with van der Waals surface area (Å²) < 4.78 is 0. The third kappa shape index (κ3) is 0.827. The van der Waals surface area contributed by atoms with Crippen LogP contribution < -0.4 is 0 Å². The summed E-state index contributed by atoms with van der Waals surface area (Å²) >= 11 is 0. The SMILES string of the molecule is C#C[C@@H]1CC[C@H]2CCC[C@]21O. The van der Waals surface area contributed by atoms with Crippen molar-refractivity contribution in [2.45, 2.75) is 37.7 Å². The van der Waals surface area contributed by atoms with Crippen LogP contribution in [0, 0.1) is 24.2 Å². The second-order valence-corrected chi connectivity index (χ2v) is 3.88. The Morgan fingerprint density at radius 3 is 2.91 bits per heavy atom. The minimum Gasteiger partial charge on any atom is -0.388 e. The summed E-state index contributed by atoms with van der Waals surface area (Å²) in [5.74, 6) is 3.39. The van der Waals surface area contributed by atoms with Crippen LogP contribution >= 0.6 is 0 Å². The van der Waals surface area contributed by atoms with Crippen molar-refractivity contribution in [1.29, 1.82) is 0 Å². The Morgan fingerprint density at radius 1 is 1.36 bits per heavy atom. The van der Waals surface area contributed by atoms with Crippen LogP contribution in [0.5, 0.6) is 0 Å². The van der Waals surface area contributed by atoms with Crippen molar-refractivity contribution in [3.8, 4) is 12.3 Å². The number of aliphatic hydroxyl groups is 1. The van der Waals surface area contributed by atoms with Gasteiger partial charge in [-0.05, 0) is 31.6 Å². The Bertz CT molecular complexity index is 203. The molecule has 0 amide bonds. The number of hydrogen-bond acceptors (Lipinski definition) is 1. The van der Waals surface area contributed by atoms with E-state index in [0.717, 1.165) is 19.3 Å². The monoisotopic (exact) mass is 150 g/mol. The molecule has 2 saturated carbocycles. The van der Waals surface area contributed by atoms with Crippen LogP contribution in [-0.4, -0.2) is 10.7 Å². The molecule has 0 aliphatic heterocycles. The van der Waals surface area contributed by atoms with Gasteiger partial charge in [0.05, 0.1) is 5.60 Å². The average molecular weight is 150 g/mol. The van der Waals surface area contributed by atoms with Gasteiger partial charge < -0.3 is 5.11 Å². The summed E-state index contributed by atoms with van der Waals surface area (Å²) in [5.41, 5.74) is -0.464. The van der Waals surface area contributed by atoms with Crippen molar-refractivity contribution in [3.05, 3.63) is 0 Å². The molecule has 0 unspecified atom stereocenters. The van der Waals surface area contributed by atoms with Crippen LogP contribution in [0.1, 0.15) is 32.1 Å². The minimum atomic E-state index is -0.464. The molecule has 0 radical (unpaired) electrons. The molecule has 60 valence electrons. The maximum atomic E-state index is 10.1. The second kappa shape index (κ2) is 2.25. The van der Waals surface area contributed by atoms with Gasteiger partial charge in [0.25, 0.3) is 0 Å². The number of terminal acetylenes is 1. The molecule has 0 aromatic heterocycles. The highest BCUT2D eigenvalue weighted by atomic mass is 16.3. The van der Waals surface area contributed by atoms with Gasteiger partial charge in [-0.2, -0.15) is 0 Å². The van der Waals surface area contributed by atoms with Gasteiger partial charge in [-0.25, -0.2) is 0 Å². The Morgan fingerprint density at radius 2 is 2.18 bits per heavy atom. The lowest BCUT2D eigenvalue weighted by atomic mass is 9.87. The lowest BCUT2D eigenvalue weighted by Gasteiger charge is -2.26. The van der Waals surface area contributed by atoms with Crippen molar-refractivity contribution in [2.75, 3.05) is 0 Å². The zero-order valence-electron chi connectivity index (χ0n) is 6.71. The predicted molar refractivity (Wildman–Crippen MR) is 43.8 cm³/mol. The molecule has 3 atom stereocenters. The molecule has 2 aliphatic carbocycles. The van der Waals surface area contributed by atoms with E-state index in [2.05, 4.69) is 5.92 Å². The van der Waals surface area contributed by atoms with Gasteiger partial charge >= 0.3 is 0 Å². The molecule has 0 saturated heterocycles. The van der Waals surface area contributed by atoms with E-state index >= 15 is 0 Å². The molecular formula is C10H14O.